The smallest absolute Gasteiger partial charge is 0.224 e. The van der Waals surface area contributed by atoms with E-state index in [0.717, 1.165) is 51.3 Å². The summed E-state index contributed by atoms with van der Waals surface area (Å²) in [7, 11) is 0. The predicted octanol–water partition coefficient (Wildman–Crippen LogP) is 2.63. The third-order valence-electron chi connectivity index (χ3n) is 4.61. The Hall–Kier alpha value is -2.14. The van der Waals surface area contributed by atoms with Gasteiger partial charge in [0.25, 0.3) is 0 Å². The number of nitrogens with zero attached hydrogens (tertiary/aromatic N) is 3. The van der Waals surface area contributed by atoms with Gasteiger partial charge in [0.15, 0.2) is 0 Å². The first-order valence-electron chi connectivity index (χ1n) is 8.39. The van der Waals surface area contributed by atoms with Gasteiger partial charge >= 0.3 is 0 Å². The van der Waals surface area contributed by atoms with Crippen LogP contribution in [0.5, 0.6) is 0 Å². The molecule has 23 heavy (non-hydrogen) atoms. The fraction of sp³-hybridized carbons (Fsp3) is 0.444. The van der Waals surface area contributed by atoms with Crippen LogP contribution in [-0.2, 0) is 17.7 Å². The van der Waals surface area contributed by atoms with Gasteiger partial charge < -0.3 is 15.0 Å². The normalized spacial score (nSPS) is 20.3. The lowest BCUT2D eigenvalue weighted by Gasteiger charge is -2.29. The molecule has 120 valence electrons. The van der Waals surface area contributed by atoms with Gasteiger partial charge in [-0.05, 0) is 36.5 Å². The Morgan fingerprint density at radius 3 is 3.00 bits per heavy atom. The summed E-state index contributed by atoms with van der Waals surface area (Å²) in [4.78, 5) is 11.3. The Kier molecular flexibility index (Phi) is 4.11. The number of hydrogen-bond acceptors (Lipinski definition) is 5. The van der Waals surface area contributed by atoms with Crippen LogP contribution in [0.15, 0.2) is 36.5 Å². The molecule has 5 heteroatoms. The van der Waals surface area contributed by atoms with E-state index < -0.39 is 0 Å². The molecule has 0 amide bonds. The van der Waals surface area contributed by atoms with Gasteiger partial charge in [0.05, 0.1) is 6.10 Å². The first-order valence-corrected chi connectivity index (χ1v) is 8.39. The molecular formula is C18H22N4O. The number of aromatic nitrogens is 2. The molecule has 1 fully saturated rings. The fourth-order valence-corrected chi connectivity index (χ4v) is 3.31. The second kappa shape index (κ2) is 6.54. The van der Waals surface area contributed by atoms with Crippen molar-refractivity contribution in [2.45, 2.75) is 31.9 Å². The summed E-state index contributed by atoms with van der Waals surface area (Å²) in [5.41, 5.74) is 2.85. The van der Waals surface area contributed by atoms with E-state index in [1.807, 2.05) is 12.3 Å². The number of anilines is 2. The average Bonchev–Trinajstić information content (AvgIpc) is 3.13. The zero-order chi connectivity index (χ0) is 15.5. The zero-order valence-corrected chi connectivity index (χ0v) is 13.2. The molecule has 3 heterocycles. The van der Waals surface area contributed by atoms with Crippen LogP contribution >= 0.6 is 0 Å². The highest BCUT2D eigenvalue weighted by molar-refractivity contribution is 5.46. The molecule has 2 aromatic rings. The Balaban J connectivity index is 1.44. The summed E-state index contributed by atoms with van der Waals surface area (Å²) < 4.78 is 5.63. The lowest BCUT2D eigenvalue weighted by Crippen LogP contribution is -2.31. The van der Waals surface area contributed by atoms with Crippen LogP contribution in [-0.4, -0.2) is 35.8 Å². The summed E-state index contributed by atoms with van der Waals surface area (Å²) in [5.74, 6) is 1.68. The van der Waals surface area contributed by atoms with Gasteiger partial charge in [-0.15, -0.1) is 0 Å². The Labute approximate surface area is 136 Å². The molecule has 4 rings (SSSR count). The highest BCUT2D eigenvalue weighted by Gasteiger charge is 2.18. The number of hydrogen-bond donors (Lipinski definition) is 1. The van der Waals surface area contributed by atoms with Crippen molar-refractivity contribution in [3.8, 4) is 0 Å². The SMILES string of the molecule is c1ccc2c(c1)CCN(c1ccnc(NCC3CCCO3)n1)C2. The minimum absolute atomic E-state index is 0.295. The van der Waals surface area contributed by atoms with E-state index in [1.165, 1.54) is 11.1 Å². The lowest BCUT2D eigenvalue weighted by atomic mass is 10.00. The van der Waals surface area contributed by atoms with Gasteiger partial charge in [-0.2, -0.15) is 4.98 Å². The van der Waals surface area contributed by atoms with E-state index in [9.17, 15) is 0 Å². The Morgan fingerprint density at radius 2 is 2.13 bits per heavy atom. The summed E-state index contributed by atoms with van der Waals surface area (Å²) in [6.07, 6.45) is 5.47. The lowest BCUT2D eigenvalue weighted by molar-refractivity contribution is 0.120. The first-order chi connectivity index (χ1) is 11.4. The van der Waals surface area contributed by atoms with Crippen molar-refractivity contribution < 1.29 is 4.74 Å². The van der Waals surface area contributed by atoms with Gasteiger partial charge in [0.2, 0.25) is 5.95 Å². The van der Waals surface area contributed by atoms with Crippen LogP contribution in [0.3, 0.4) is 0 Å². The second-order valence-corrected chi connectivity index (χ2v) is 6.19. The number of fused-ring (bicyclic) bond motifs is 1. The zero-order valence-electron chi connectivity index (χ0n) is 13.2. The van der Waals surface area contributed by atoms with E-state index in [2.05, 4.69) is 44.5 Å². The van der Waals surface area contributed by atoms with Crippen molar-refractivity contribution in [3.05, 3.63) is 47.7 Å². The molecule has 5 nitrogen and oxygen atoms in total. The van der Waals surface area contributed by atoms with Crippen LogP contribution in [0.4, 0.5) is 11.8 Å². The second-order valence-electron chi connectivity index (χ2n) is 6.19. The number of rotatable bonds is 4. The number of nitrogens with one attached hydrogen (secondary N) is 1. The van der Waals surface area contributed by atoms with Crippen LogP contribution in [0.1, 0.15) is 24.0 Å². The van der Waals surface area contributed by atoms with Crippen molar-refractivity contribution in [3.63, 3.8) is 0 Å². The number of benzene rings is 1. The summed E-state index contributed by atoms with van der Waals surface area (Å²) >= 11 is 0. The topological polar surface area (TPSA) is 50.3 Å². The largest absolute Gasteiger partial charge is 0.376 e. The average molecular weight is 310 g/mol. The molecular weight excluding hydrogens is 288 g/mol. The molecule has 0 radical (unpaired) electrons. The minimum atomic E-state index is 0.295. The molecule has 1 aromatic carbocycles. The maximum atomic E-state index is 5.63. The van der Waals surface area contributed by atoms with Crippen LogP contribution in [0.25, 0.3) is 0 Å². The third-order valence-corrected chi connectivity index (χ3v) is 4.61. The molecule has 0 spiro atoms. The molecule has 1 unspecified atom stereocenters. The third kappa shape index (κ3) is 3.29. The molecule has 1 N–H and O–H groups in total. The van der Waals surface area contributed by atoms with E-state index >= 15 is 0 Å². The van der Waals surface area contributed by atoms with Crippen molar-refractivity contribution in [1.82, 2.24) is 9.97 Å². The quantitative estimate of drug-likeness (QED) is 0.941. The molecule has 1 atom stereocenters. The standard InChI is InChI=1S/C18H22N4O/c1-2-5-15-13-22(10-8-14(15)4-1)17-7-9-19-18(21-17)20-12-16-6-3-11-23-16/h1-2,4-5,7,9,16H,3,6,8,10-13H2,(H,19,20,21). The van der Waals surface area contributed by atoms with E-state index in [1.54, 1.807) is 0 Å². The van der Waals surface area contributed by atoms with Crippen molar-refractivity contribution in [2.75, 3.05) is 29.9 Å². The van der Waals surface area contributed by atoms with Gasteiger partial charge in [-0.25, -0.2) is 4.98 Å². The maximum absolute atomic E-state index is 5.63. The van der Waals surface area contributed by atoms with Crippen molar-refractivity contribution in [2.24, 2.45) is 0 Å². The van der Waals surface area contributed by atoms with Crippen molar-refractivity contribution in [1.29, 1.82) is 0 Å². The number of ether oxygens (including phenoxy) is 1. The minimum Gasteiger partial charge on any atom is -0.376 e. The monoisotopic (exact) mass is 310 g/mol. The first kappa shape index (κ1) is 14.5. The van der Waals surface area contributed by atoms with Crippen LogP contribution in [0.2, 0.25) is 0 Å². The predicted molar refractivity (Wildman–Crippen MR) is 90.7 cm³/mol. The van der Waals surface area contributed by atoms with Gasteiger partial charge in [0, 0.05) is 32.4 Å². The fourth-order valence-electron chi connectivity index (χ4n) is 3.31. The van der Waals surface area contributed by atoms with E-state index in [0.29, 0.717) is 12.1 Å². The van der Waals surface area contributed by atoms with Crippen molar-refractivity contribution >= 4 is 11.8 Å². The molecule has 1 saturated heterocycles. The van der Waals surface area contributed by atoms with E-state index in [4.69, 9.17) is 4.74 Å². The Morgan fingerprint density at radius 1 is 1.22 bits per heavy atom. The van der Waals surface area contributed by atoms with Gasteiger partial charge in [0.1, 0.15) is 5.82 Å². The maximum Gasteiger partial charge on any atom is 0.224 e. The summed E-state index contributed by atoms with van der Waals surface area (Å²) in [5, 5.41) is 3.31. The highest BCUT2D eigenvalue weighted by atomic mass is 16.5. The van der Waals surface area contributed by atoms with Gasteiger partial charge in [-0.3, -0.25) is 0 Å². The van der Waals surface area contributed by atoms with E-state index in [-0.39, 0.29) is 0 Å². The summed E-state index contributed by atoms with van der Waals surface area (Å²) in [6.45, 7) is 3.57. The molecule has 0 saturated carbocycles. The van der Waals surface area contributed by atoms with Crippen LogP contribution in [0, 0.1) is 0 Å². The summed E-state index contributed by atoms with van der Waals surface area (Å²) in [6, 6.07) is 10.6. The molecule has 1 aromatic heterocycles. The molecule has 2 aliphatic rings. The molecule has 0 bridgehead atoms. The highest BCUT2D eigenvalue weighted by Crippen LogP contribution is 2.23. The van der Waals surface area contributed by atoms with Gasteiger partial charge in [-0.1, -0.05) is 24.3 Å². The van der Waals surface area contributed by atoms with Crippen LogP contribution < -0.4 is 10.2 Å². The molecule has 2 aliphatic heterocycles. The Bertz CT molecular complexity index is 670. The molecule has 0 aliphatic carbocycles.